The summed E-state index contributed by atoms with van der Waals surface area (Å²) in [6.07, 6.45) is 1.99. The van der Waals surface area contributed by atoms with Crippen molar-refractivity contribution in [3.8, 4) is 5.75 Å². The highest BCUT2D eigenvalue weighted by Gasteiger charge is 2.68. The van der Waals surface area contributed by atoms with Crippen LogP contribution in [-0.2, 0) is 21.4 Å². The fourth-order valence-corrected chi connectivity index (χ4v) is 3.76. The van der Waals surface area contributed by atoms with E-state index < -0.39 is 0 Å². The summed E-state index contributed by atoms with van der Waals surface area (Å²) in [6, 6.07) is 5.54. The summed E-state index contributed by atoms with van der Waals surface area (Å²) >= 11 is 0. The van der Waals surface area contributed by atoms with Gasteiger partial charge in [0.25, 0.3) is 0 Å². The molecular formula is C15H18O3. The van der Waals surface area contributed by atoms with Crippen molar-refractivity contribution < 1.29 is 14.6 Å². The molecule has 1 aromatic rings. The van der Waals surface area contributed by atoms with Crippen LogP contribution in [0.1, 0.15) is 31.4 Å². The smallest absolute Gasteiger partial charge is 0.310 e. The Bertz CT molecular complexity index is 508. The highest BCUT2D eigenvalue weighted by Crippen LogP contribution is 2.66. The molecule has 1 N–H and O–H groups in total. The molecule has 96 valence electrons. The van der Waals surface area contributed by atoms with Crippen molar-refractivity contribution in [2.24, 2.45) is 11.8 Å². The Balaban J connectivity index is 1.96. The first-order valence-corrected chi connectivity index (χ1v) is 6.60. The first-order valence-electron chi connectivity index (χ1n) is 6.60. The number of phenolic OH excluding ortho intramolecular Hbond substituents is 1. The molecule has 3 nitrogen and oxygen atoms in total. The Morgan fingerprint density at radius 2 is 2.33 bits per heavy atom. The maximum absolute atomic E-state index is 12.0. The van der Waals surface area contributed by atoms with Gasteiger partial charge >= 0.3 is 5.97 Å². The molecular weight excluding hydrogens is 228 g/mol. The highest BCUT2D eigenvalue weighted by molar-refractivity contribution is 5.81. The molecule has 1 saturated carbocycles. The number of fused-ring (bicyclic) bond motifs is 2. The number of ether oxygens (including phenoxy) is 1. The first kappa shape index (κ1) is 11.6. The van der Waals surface area contributed by atoms with Crippen LogP contribution in [0, 0.1) is 11.8 Å². The van der Waals surface area contributed by atoms with E-state index in [1.54, 1.807) is 6.07 Å². The lowest BCUT2D eigenvalue weighted by Crippen LogP contribution is -2.15. The van der Waals surface area contributed by atoms with Crippen LogP contribution in [0.25, 0.3) is 0 Å². The molecule has 2 aliphatic carbocycles. The number of carbonyl (C=O) groups is 1. The number of carbonyl (C=O) groups excluding carboxylic acids is 1. The lowest BCUT2D eigenvalue weighted by atomic mass is 9.93. The zero-order valence-corrected chi connectivity index (χ0v) is 10.8. The summed E-state index contributed by atoms with van der Waals surface area (Å²) in [4.78, 5) is 12.0. The summed E-state index contributed by atoms with van der Waals surface area (Å²) in [6.45, 7) is 4.39. The van der Waals surface area contributed by atoms with Gasteiger partial charge in [-0.05, 0) is 48.9 Å². The zero-order chi connectivity index (χ0) is 12.9. The molecule has 3 rings (SSSR count). The first-order chi connectivity index (χ1) is 8.61. The van der Waals surface area contributed by atoms with Gasteiger partial charge in [-0.25, -0.2) is 0 Å². The van der Waals surface area contributed by atoms with Crippen LogP contribution in [-0.4, -0.2) is 17.7 Å². The van der Waals surface area contributed by atoms with E-state index >= 15 is 0 Å². The van der Waals surface area contributed by atoms with Crippen LogP contribution in [0.5, 0.6) is 5.75 Å². The molecule has 3 unspecified atom stereocenters. The number of aromatic hydroxyl groups is 1. The molecule has 0 heterocycles. The highest BCUT2D eigenvalue weighted by atomic mass is 16.5. The average Bonchev–Trinajstić information content (AvgIpc) is 2.75. The average molecular weight is 246 g/mol. The Labute approximate surface area is 107 Å². The molecule has 0 amide bonds. The third-order valence-corrected chi connectivity index (χ3v) is 4.70. The van der Waals surface area contributed by atoms with Crippen LogP contribution in [0.3, 0.4) is 0 Å². The van der Waals surface area contributed by atoms with Crippen molar-refractivity contribution in [3.63, 3.8) is 0 Å². The van der Waals surface area contributed by atoms with E-state index in [2.05, 4.69) is 6.92 Å². The molecule has 18 heavy (non-hydrogen) atoms. The van der Waals surface area contributed by atoms with Crippen molar-refractivity contribution in [2.45, 2.75) is 32.1 Å². The van der Waals surface area contributed by atoms with Crippen LogP contribution in [0.15, 0.2) is 18.2 Å². The van der Waals surface area contributed by atoms with Crippen molar-refractivity contribution >= 4 is 5.97 Å². The molecule has 0 aromatic heterocycles. The fraction of sp³-hybridized carbons (Fsp3) is 0.533. The van der Waals surface area contributed by atoms with Gasteiger partial charge in [-0.1, -0.05) is 13.0 Å². The van der Waals surface area contributed by atoms with Crippen LogP contribution in [0.4, 0.5) is 0 Å². The summed E-state index contributed by atoms with van der Waals surface area (Å²) in [5.41, 5.74) is 2.36. The lowest BCUT2D eigenvalue weighted by Gasteiger charge is -2.11. The second-order valence-electron chi connectivity index (χ2n) is 5.40. The quantitative estimate of drug-likeness (QED) is 0.815. The summed E-state index contributed by atoms with van der Waals surface area (Å²) in [7, 11) is 0. The molecule has 1 fully saturated rings. The van der Waals surface area contributed by atoms with E-state index in [0.29, 0.717) is 12.5 Å². The third kappa shape index (κ3) is 1.33. The van der Waals surface area contributed by atoms with Gasteiger partial charge in [0.15, 0.2) is 0 Å². The minimum Gasteiger partial charge on any atom is -0.508 e. The maximum atomic E-state index is 12.0. The van der Waals surface area contributed by atoms with Gasteiger partial charge in [0, 0.05) is 5.41 Å². The Morgan fingerprint density at radius 1 is 1.56 bits per heavy atom. The molecule has 1 spiro atoms. The van der Waals surface area contributed by atoms with Crippen molar-refractivity contribution in [2.75, 3.05) is 6.61 Å². The van der Waals surface area contributed by atoms with Crippen molar-refractivity contribution in [3.05, 3.63) is 29.3 Å². The number of hydrogen-bond donors (Lipinski definition) is 1. The zero-order valence-electron chi connectivity index (χ0n) is 10.8. The largest absolute Gasteiger partial charge is 0.508 e. The predicted molar refractivity (Wildman–Crippen MR) is 67.4 cm³/mol. The molecule has 2 aliphatic rings. The second-order valence-corrected chi connectivity index (χ2v) is 5.40. The normalized spacial score (nSPS) is 32.3. The Kier molecular flexibility index (Phi) is 2.40. The lowest BCUT2D eigenvalue weighted by molar-refractivity contribution is -0.145. The van der Waals surface area contributed by atoms with Crippen molar-refractivity contribution in [1.29, 1.82) is 0 Å². The Hall–Kier alpha value is -1.51. The van der Waals surface area contributed by atoms with Gasteiger partial charge in [0.05, 0.1) is 12.5 Å². The minimum absolute atomic E-state index is 0.0273. The van der Waals surface area contributed by atoms with Gasteiger partial charge in [-0.15, -0.1) is 0 Å². The second kappa shape index (κ2) is 3.74. The van der Waals surface area contributed by atoms with E-state index in [-0.39, 0.29) is 23.1 Å². The number of esters is 1. The van der Waals surface area contributed by atoms with Crippen LogP contribution >= 0.6 is 0 Å². The standard InChI is InChI=1S/C15H18O3/c1-3-18-14(17)13-9(2)15(13)7-6-10-4-5-11(16)8-12(10)15/h4-5,8-9,13,16H,3,6-7H2,1-2H3. The monoisotopic (exact) mass is 246 g/mol. The maximum Gasteiger partial charge on any atom is 0.310 e. The molecule has 0 saturated heterocycles. The van der Waals surface area contributed by atoms with E-state index in [9.17, 15) is 9.90 Å². The van der Waals surface area contributed by atoms with Crippen LogP contribution < -0.4 is 0 Å². The SMILES string of the molecule is CCOC(=O)C1C(C)C12CCc1ccc(O)cc12. The summed E-state index contributed by atoms with van der Waals surface area (Å²) in [5, 5.41) is 9.65. The van der Waals surface area contributed by atoms with Gasteiger partial charge in [0.1, 0.15) is 5.75 Å². The summed E-state index contributed by atoms with van der Waals surface area (Å²) in [5.74, 6) is 0.498. The number of benzene rings is 1. The Morgan fingerprint density at radius 3 is 3.06 bits per heavy atom. The van der Waals surface area contributed by atoms with E-state index in [0.717, 1.165) is 18.4 Å². The molecule has 1 aromatic carbocycles. The number of hydrogen-bond acceptors (Lipinski definition) is 3. The molecule has 3 atom stereocenters. The van der Waals surface area contributed by atoms with E-state index in [1.807, 2.05) is 19.1 Å². The number of rotatable bonds is 2. The molecule has 0 bridgehead atoms. The molecule has 0 aliphatic heterocycles. The predicted octanol–water partition coefficient (Wildman–Crippen LogP) is 2.41. The van der Waals surface area contributed by atoms with E-state index in [4.69, 9.17) is 4.74 Å². The van der Waals surface area contributed by atoms with Gasteiger partial charge in [0.2, 0.25) is 0 Å². The summed E-state index contributed by atoms with van der Waals surface area (Å²) < 4.78 is 5.17. The number of aryl methyl sites for hydroxylation is 1. The fourth-order valence-electron chi connectivity index (χ4n) is 3.76. The topological polar surface area (TPSA) is 46.5 Å². The minimum atomic E-state index is -0.0822. The molecule has 3 heteroatoms. The van der Waals surface area contributed by atoms with Crippen molar-refractivity contribution in [1.82, 2.24) is 0 Å². The van der Waals surface area contributed by atoms with Crippen LogP contribution in [0.2, 0.25) is 0 Å². The van der Waals surface area contributed by atoms with E-state index in [1.165, 1.54) is 5.56 Å². The van der Waals surface area contributed by atoms with Gasteiger partial charge in [-0.3, -0.25) is 4.79 Å². The third-order valence-electron chi connectivity index (χ3n) is 4.70. The van der Waals surface area contributed by atoms with Gasteiger partial charge < -0.3 is 9.84 Å². The number of phenols is 1. The molecule has 0 radical (unpaired) electrons. The van der Waals surface area contributed by atoms with Gasteiger partial charge in [-0.2, -0.15) is 0 Å².